The Labute approximate surface area is 157 Å². The van der Waals surface area contributed by atoms with E-state index >= 15 is 0 Å². The number of nitrogens with two attached hydrogens (primary N) is 1. The normalized spacial score (nSPS) is 27.9. The number of carbonyl (C=O) groups excluding carboxylic acids is 2. The van der Waals surface area contributed by atoms with E-state index in [4.69, 9.17) is 5.73 Å². The van der Waals surface area contributed by atoms with Crippen LogP contribution < -0.4 is 11.1 Å². The Morgan fingerprint density at radius 2 is 1.96 bits per heavy atom. The van der Waals surface area contributed by atoms with Crippen LogP contribution in [0, 0.1) is 17.8 Å². The van der Waals surface area contributed by atoms with Crippen LogP contribution in [0.5, 0.6) is 0 Å². The van der Waals surface area contributed by atoms with Gasteiger partial charge in [0.25, 0.3) is 0 Å². The summed E-state index contributed by atoms with van der Waals surface area (Å²) in [5.41, 5.74) is 6.28. The Morgan fingerprint density at radius 1 is 1.28 bits per heavy atom. The summed E-state index contributed by atoms with van der Waals surface area (Å²) < 4.78 is 4.61. The number of hydrogen-bond donors (Lipinski definition) is 2. The molecule has 2 fully saturated rings. The summed E-state index contributed by atoms with van der Waals surface area (Å²) in [6, 6.07) is 0.259. The molecule has 2 saturated carbocycles. The number of aryl methyl sites for hydroxylation is 1. The second-order valence-electron chi connectivity index (χ2n) is 6.76. The van der Waals surface area contributed by atoms with E-state index in [-0.39, 0.29) is 42.7 Å². The standard InChI is InChI=1S/C16H24N4O3S.ClH/c1-23-13(21)6-5-12-19-20-16(24-12)18-15(22)11-7-9-3-2-4-10(8-11)14(9)17;/h9-11,14H,2-8,17H2,1H3,(H,18,20,22);1H. The molecule has 2 atom stereocenters. The summed E-state index contributed by atoms with van der Waals surface area (Å²) >= 11 is 1.31. The number of aromatic nitrogens is 2. The van der Waals surface area contributed by atoms with E-state index < -0.39 is 0 Å². The van der Waals surface area contributed by atoms with E-state index in [0.717, 1.165) is 30.7 Å². The maximum atomic E-state index is 12.5. The highest BCUT2D eigenvalue weighted by molar-refractivity contribution is 7.15. The summed E-state index contributed by atoms with van der Waals surface area (Å²) in [4.78, 5) is 23.7. The molecule has 2 unspecified atom stereocenters. The minimum atomic E-state index is -0.277. The quantitative estimate of drug-likeness (QED) is 0.748. The van der Waals surface area contributed by atoms with Crippen molar-refractivity contribution in [2.45, 2.75) is 51.0 Å². The Bertz CT molecular complexity index is 598. The number of halogens is 1. The van der Waals surface area contributed by atoms with E-state index in [9.17, 15) is 9.59 Å². The molecule has 2 bridgehead atoms. The molecular weight excluding hydrogens is 364 g/mol. The average Bonchev–Trinajstić information content (AvgIpc) is 2.99. The van der Waals surface area contributed by atoms with Crippen molar-refractivity contribution in [3.8, 4) is 0 Å². The highest BCUT2D eigenvalue weighted by Gasteiger charge is 2.40. The third-order valence-electron chi connectivity index (χ3n) is 5.25. The van der Waals surface area contributed by atoms with Gasteiger partial charge in [-0.25, -0.2) is 0 Å². The van der Waals surface area contributed by atoms with Crippen molar-refractivity contribution in [1.29, 1.82) is 0 Å². The van der Waals surface area contributed by atoms with E-state index in [1.54, 1.807) is 0 Å². The third-order valence-corrected chi connectivity index (χ3v) is 6.15. The molecule has 1 aromatic rings. The van der Waals surface area contributed by atoms with Gasteiger partial charge in [-0.2, -0.15) is 0 Å². The van der Waals surface area contributed by atoms with Gasteiger partial charge in [0.15, 0.2) is 0 Å². The van der Waals surface area contributed by atoms with Crippen molar-refractivity contribution in [1.82, 2.24) is 10.2 Å². The predicted octanol–water partition coefficient (Wildman–Crippen LogP) is 2.16. The first-order valence-corrected chi connectivity index (χ1v) is 9.34. The average molecular weight is 389 g/mol. The summed E-state index contributed by atoms with van der Waals surface area (Å²) in [6.45, 7) is 0. The molecule has 9 heteroatoms. The molecule has 1 amide bonds. The molecule has 0 aliphatic heterocycles. The number of methoxy groups -OCH3 is 1. The van der Waals surface area contributed by atoms with Crippen molar-refractivity contribution < 1.29 is 14.3 Å². The number of carbonyl (C=O) groups is 2. The third kappa shape index (κ3) is 4.89. The first kappa shape index (κ1) is 20.1. The molecule has 25 heavy (non-hydrogen) atoms. The van der Waals surface area contributed by atoms with Crippen LogP contribution >= 0.6 is 23.7 Å². The number of nitrogens with zero attached hydrogens (tertiary/aromatic N) is 2. The highest BCUT2D eigenvalue weighted by Crippen LogP contribution is 2.42. The lowest BCUT2D eigenvalue weighted by Crippen LogP contribution is -2.48. The van der Waals surface area contributed by atoms with Gasteiger partial charge in [0.2, 0.25) is 11.0 Å². The lowest BCUT2D eigenvalue weighted by Gasteiger charge is -2.43. The second-order valence-corrected chi connectivity index (χ2v) is 7.83. The molecule has 1 aromatic heterocycles. The molecule has 1 heterocycles. The summed E-state index contributed by atoms with van der Waals surface area (Å²) in [6.07, 6.45) is 5.99. The zero-order chi connectivity index (χ0) is 17.1. The Kier molecular flexibility index (Phi) is 7.15. The van der Waals surface area contributed by atoms with Gasteiger partial charge in [-0.3, -0.25) is 9.59 Å². The van der Waals surface area contributed by atoms with Crippen molar-refractivity contribution in [3.05, 3.63) is 5.01 Å². The summed E-state index contributed by atoms with van der Waals surface area (Å²) in [5, 5.41) is 12.1. The fourth-order valence-electron chi connectivity index (χ4n) is 3.93. The van der Waals surface area contributed by atoms with Gasteiger partial charge in [0.05, 0.1) is 13.5 Å². The Hall–Kier alpha value is -1.25. The molecule has 2 aliphatic carbocycles. The molecule has 0 aromatic carbocycles. The van der Waals surface area contributed by atoms with Gasteiger partial charge >= 0.3 is 5.97 Å². The number of esters is 1. The fourth-order valence-corrected chi connectivity index (χ4v) is 4.67. The number of hydrogen-bond acceptors (Lipinski definition) is 7. The minimum Gasteiger partial charge on any atom is -0.469 e. The molecule has 0 saturated heterocycles. The second kappa shape index (κ2) is 8.91. The maximum absolute atomic E-state index is 12.5. The van der Waals surface area contributed by atoms with Gasteiger partial charge < -0.3 is 15.8 Å². The zero-order valence-electron chi connectivity index (χ0n) is 14.3. The molecule has 2 aliphatic rings. The first-order chi connectivity index (χ1) is 11.6. The number of rotatable bonds is 5. The van der Waals surface area contributed by atoms with Crippen molar-refractivity contribution in [2.24, 2.45) is 23.5 Å². The maximum Gasteiger partial charge on any atom is 0.305 e. The summed E-state index contributed by atoms with van der Waals surface area (Å²) in [7, 11) is 1.36. The molecule has 0 spiro atoms. The SMILES string of the molecule is COC(=O)CCc1nnc(NC(=O)C2CC3CCCC(C2)C3N)s1.Cl. The predicted molar refractivity (Wildman–Crippen MR) is 97.7 cm³/mol. The Balaban J connectivity index is 0.00000225. The van der Waals surface area contributed by atoms with Gasteiger partial charge in [0, 0.05) is 18.4 Å². The van der Waals surface area contributed by atoms with Gasteiger partial charge in [0.1, 0.15) is 5.01 Å². The van der Waals surface area contributed by atoms with Crippen LogP contribution in [0.1, 0.15) is 43.5 Å². The van der Waals surface area contributed by atoms with Crippen LogP contribution in [0.15, 0.2) is 0 Å². The minimum absolute atomic E-state index is 0. The lowest BCUT2D eigenvalue weighted by molar-refractivity contribution is -0.140. The van der Waals surface area contributed by atoms with Crippen LogP contribution in [-0.2, 0) is 20.7 Å². The van der Waals surface area contributed by atoms with Crippen molar-refractivity contribution in [2.75, 3.05) is 12.4 Å². The first-order valence-electron chi connectivity index (χ1n) is 8.52. The fraction of sp³-hybridized carbons (Fsp3) is 0.750. The van der Waals surface area contributed by atoms with Crippen LogP contribution in [-0.4, -0.2) is 35.2 Å². The van der Waals surface area contributed by atoms with Gasteiger partial charge in [-0.05, 0) is 37.5 Å². The van der Waals surface area contributed by atoms with E-state index in [2.05, 4.69) is 20.3 Å². The number of amides is 1. The van der Waals surface area contributed by atoms with E-state index in [0.29, 0.717) is 23.4 Å². The largest absolute Gasteiger partial charge is 0.469 e. The lowest BCUT2D eigenvalue weighted by atomic mass is 9.65. The topological polar surface area (TPSA) is 107 Å². The van der Waals surface area contributed by atoms with Crippen LogP contribution in [0.4, 0.5) is 5.13 Å². The highest BCUT2D eigenvalue weighted by atomic mass is 35.5. The van der Waals surface area contributed by atoms with E-state index in [1.807, 2.05) is 0 Å². The molecular formula is C16H25ClN4O3S. The number of ether oxygens (including phenoxy) is 1. The van der Waals surface area contributed by atoms with Crippen LogP contribution in [0.25, 0.3) is 0 Å². The van der Waals surface area contributed by atoms with Crippen LogP contribution in [0.2, 0.25) is 0 Å². The van der Waals surface area contributed by atoms with Gasteiger partial charge in [-0.15, -0.1) is 22.6 Å². The number of nitrogens with one attached hydrogen (secondary N) is 1. The van der Waals surface area contributed by atoms with Crippen molar-refractivity contribution >= 4 is 40.8 Å². The molecule has 3 rings (SSSR count). The monoisotopic (exact) mass is 388 g/mol. The smallest absolute Gasteiger partial charge is 0.305 e. The van der Waals surface area contributed by atoms with Crippen molar-refractivity contribution in [3.63, 3.8) is 0 Å². The molecule has 0 radical (unpaired) electrons. The van der Waals surface area contributed by atoms with E-state index in [1.165, 1.54) is 24.9 Å². The number of anilines is 1. The van der Waals surface area contributed by atoms with Gasteiger partial charge in [-0.1, -0.05) is 17.8 Å². The van der Waals surface area contributed by atoms with Crippen LogP contribution in [0.3, 0.4) is 0 Å². The number of fused-ring (bicyclic) bond motifs is 2. The molecule has 7 nitrogen and oxygen atoms in total. The Morgan fingerprint density at radius 3 is 2.60 bits per heavy atom. The zero-order valence-corrected chi connectivity index (χ0v) is 15.9. The summed E-state index contributed by atoms with van der Waals surface area (Å²) in [5.74, 6) is 0.703. The molecule has 140 valence electrons. The molecule has 3 N–H and O–H groups in total.